The van der Waals surface area contributed by atoms with Gasteiger partial charge in [0, 0.05) is 10.8 Å². The summed E-state index contributed by atoms with van der Waals surface area (Å²) in [6, 6.07) is 5.48. The summed E-state index contributed by atoms with van der Waals surface area (Å²) in [5.41, 5.74) is 1.73. The Morgan fingerprint density at radius 3 is 2.81 bits per heavy atom. The number of alkyl halides is 1. The molecule has 1 aromatic carbocycles. The third kappa shape index (κ3) is 2.69. The van der Waals surface area contributed by atoms with Crippen molar-refractivity contribution < 1.29 is 9.53 Å². The largest absolute Gasteiger partial charge is 0.469 e. The average Bonchev–Trinajstić information content (AvgIpc) is 2.29. The molecule has 0 aromatic heterocycles. The molecular formula is C11H10ClNO2S. The van der Waals surface area contributed by atoms with Crippen LogP contribution < -0.4 is 0 Å². The minimum Gasteiger partial charge on any atom is -0.469 e. The monoisotopic (exact) mass is 255 g/mol. The molecule has 0 N–H and O–H groups in total. The van der Waals surface area contributed by atoms with Crippen LogP contribution in [0.25, 0.3) is 0 Å². The molecule has 5 heteroatoms. The maximum absolute atomic E-state index is 11.2. The summed E-state index contributed by atoms with van der Waals surface area (Å²) in [7, 11) is 1.30. The smallest absolute Gasteiger partial charge is 0.310 e. The molecule has 0 aliphatic heterocycles. The van der Waals surface area contributed by atoms with Crippen LogP contribution in [-0.2, 0) is 21.8 Å². The number of hydrogen-bond acceptors (Lipinski definition) is 4. The number of esters is 1. The van der Waals surface area contributed by atoms with Gasteiger partial charge >= 0.3 is 5.97 Å². The van der Waals surface area contributed by atoms with Crippen LogP contribution in [0.4, 0.5) is 0 Å². The van der Waals surface area contributed by atoms with Crippen molar-refractivity contribution in [3.8, 4) is 6.07 Å². The van der Waals surface area contributed by atoms with Gasteiger partial charge in [-0.3, -0.25) is 4.79 Å². The number of hydrogen-bond donors (Lipinski definition) is 1. The van der Waals surface area contributed by atoms with Crippen LogP contribution >= 0.6 is 24.2 Å². The number of nitrogens with zero attached hydrogens (tertiary/aromatic N) is 1. The number of methoxy groups -OCH3 is 1. The highest BCUT2D eigenvalue weighted by Gasteiger charge is 2.14. The van der Waals surface area contributed by atoms with E-state index in [2.05, 4.69) is 17.4 Å². The van der Waals surface area contributed by atoms with Gasteiger partial charge in [0.25, 0.3) is 0 Å². The first kappa shape index (κ1) is 12.9. The van der Waals surface area contributed by atoms with E-state index in [1.54, 1.807) is 12.1 Å². The molecule has 0 aliphatic carbocycles. The fourth-order valence-corrected chi connectivity index (χ4v) is 1.86. The molecule has 0 heterocycles. The Morgan fingerprint density at radius 2 is 2.31 bits per heavy atom. The van der Waals surface area contributed by atoms with Gasteiger partial charge in [-0.2, -0.15) is 5.26 Å². The standard InChI is InChI=1S/C11H10ClNO2S/c1-15-11(14)4-8-7(5-12)2-3-10(16)9(8)6-13/h2-3,16H,4-5H2,1H3. The molecule has 0 radical (unpaired) electrons. The second kappa shape index (κ2) is 5.78. The highest BCUT2D eigenvalue weighted by atomic mass is 35.5. The number of carbonyl (C=O) groups is 1. The van der Waals surface area contributed by atoms with Crippen molar-refractivity contribution in [2.24, 2.45) is 0 Å². The fourth-order valence-electron chi connectivity index (χ4n) is 1.35. The summed E-state index contributed by atoms with van der Waals surface area (Å²) in [4.78, 5) is 11.8. The van der Waals surface area contributed by atoms with Gasteiger partial charge in [0.05, 0.1) is 19.1 Å². The molecule has 16 heavy (non-hydrogen) atoms. The summed E-state index contributed by atoms with van der Waals surface area (Å²) in [6.45, 7) is 0. The van der Waals surface area contributed by atoms with E-state index in [-0.39, 0.29) is 12.3 Å². The van der Waals surface area contributed by atoms with Crippen molar-refractivity contribution in [3.05, 3.63) is 28.8 Å². The van der Waals surface area contributed by atoms with E-state index < -0.39 is 5.97 Å². The maximum atomic E-state index is 11.2. The summed E-state index contributed by atoms with van der Waals surface area (Å²) in [6.07, 6.45) is 0.0375. The van der Waals surface area contributed by atoms with E-state index in [0.29, 0.717) is 16.0 Å². The van der Waals surface area contributed by atoms with E-state index in [4.69, 9.17) is 16.9 Å². The van der Waals surface area contributed by atoms with Gasteiger partial charge in [0.1, 0.15) is 6.07 Å². The highest BCUT2D eigenvalue weighted by molar-refractivity contribution is 7.80. The maximum Gasteiger partial charge on any atom is 0.310 e. The van der Waals surface area contributed by atoms with Gasteiger partial charge in [-0.15, -0.1) is 24.2 Å². The third-order valence-corrected chi connectivity index (χ3v) is 2.85. The van der Waals surface area contributed by atoms with Crippen LogP contribution in [0.2, 0.25) is 0 Å². The topological polar surface area (TPSA) is 50.1 Å². The second-order valence-corrected chi connectivity index (χ2v) is 3.84. The molecule has 0 fully saturated rings. The minimum absolute atomic E-state index is 0.0375. The Kier molecular flexibility index (Phi) is 4.66. The summed E-state index contributed by atoms with van der Waals surface area (Å²) in [5, 5.41) is 9.01. The van der Waals surface area contributed by atoms with Crippen LogP contribution in [0.3, 0.4) is 0 Å². The zero-order chi connectivity index (χ0) is 12.1. The first-order valence-corrected chi connectivity index (χ1v) is 5.48. The Labute approximate surface area is 104 Å². The van der Waals surface area contributed by atoms with E-state index in [1.165, 1.54) is 7.11 Å². The number of carbonyl (C=O) groups excluding carboxylic acids is 1. The molecule has 0 unspecified atom stereocenters. The van der Waals surface area contributed by atoms with E-state index in [0.717, 1.165) is 5.56 Å². The van der Waals surface area contributed by atoms with Gasteiger partial charge in [-0.25, -0.2) is 0 Å². The van der Waals surface area contributed by atoms with Crippen molar-refractivity contribution in [2.45, 2.75) is 17.2 Å². The summed E-state index contributed by atoms with van der Waals surface area (Å²) >= 11 is 9.92. The van der Waals surface area contributed by atoms with Crippen LogP contribution in [0.1, 0.15) is 16.7 Å². The zero-order valence-electron chi connectivity index (χ0n) is 8.66. The SMILES string of the molecule is COC(=O)Cc1c(CCl)ccc(S)c1C#N. The van der Waals surface area contributed by atoms with Crippen LogP contribution in [0.5, 0.6) is 0 Å². The number of nitriles is 1. The van der Waals surface area contributed by atoms with Gasteiger partial charge in [0.2, 0.25) is 0 Å². The van der Waals surface area contributed by atoms with E-state index >= 15 is 0 Å². The minimum atomic E-state index is -0.401. The van der Waals surface area contributed by atoms with Gasteiger partial charge < -0.3 is 4.74 Å². The Balaban J connectivity index is 3.26. The summed E-state index contributed by atoms with van der Waals surface area (Å²) < 4.78 is 4.58. The number of thiol groups is 1. The molecule has 0 aliphatic rings. The predicted molar refractivity (Wildman–Crippen MR) is 63.7 cm³/mol. The Bertz CT molecular complexity index is 454. The lowest BCUT2D eigenvalue weighted by molar-refractivity contribution is -0.139. The number of benzene rings is 1. The molecule has 0 spiro atoms. The molecule has 1 rings (SSSR count). The zero-order valence-corrected chi connectivity index (χ0v) is 10.3. The van der Waals surface area contributed by atoms with Gasteiger partial charge in [-0.05, 0) is 17.2 Å². The number of ether oxygens (including phenoxy) is 1. The van der Waals surface area contributed by atoms with Crippen molar-refractivity contribution in [2.75, 3.05) is 7.11 Å². The number of halogens is 1. The van der Waals surface area contributed by atoms with Crippen molar-refractivity contribution >= 4 is 30.2 Å². The van der Waals surface area contributed by atoms with E-state index in [9.17, 15) is 4.79 Å². The van der Waals surface area contributed by atoms with Crippen molar-refractivity contribution in [3.63, 3.8) is 0 Å². The lowest BCUT2D eigenvalue weighted by Crippen LogP contribution is -2.08. The van der Waals surface area contributed by atoms with Crippen molar-refractivity contribution in [1.82, 2.24) is 0 Å². The van der Waals surface area contributed by atoms with Gasteiger partial charge in [0.15, 0.2) is 0 Å². The predicted octanol–water partition coefficient (Wildman–Crippen LogP) is 2.30. The molecule has 0 atom stereocenters. The molecule has 0 saturated carbocycles. The Hall–Kier alpha value is -1.18. The normalized spacial score (nSPS) is 9.62. The second-order valence-electron chi connectivity index (χ2n) is 3.10. The first-order valence-electron chi connectivity index (χ1n) is 4.50. The quantitative estimate of drug-likeness (QED) is 0.512. The van der Waals surface area contributed by atoms with E-state index in [1.807, 2.05) is 6.07 Å². The van der Waals surface area contributed by atoms with Gasteiger partial charge in [-0.1, -0.05) is 6.07 Å². The fraction of sp³-hybridized carbons (Fsp3) is 0.273. The molecule has 0 bridgehead atoms. The molecule has 84 valence electrons. The molecule has 0 saturated heterocycles. The molecule has 0 amide bonds. The lowest BCUT2D eigenvalue weighted by atomic mass is 10.00. The number of rotatable bonds is 3. The first-order chi connectivity index (χ1) is 7.63. The van der Waals surface area contributed by atoms with Crippen LogP contribution in [0, 0.1) is 11.3 Å². The average molecular weight is 256 g/mol. The Morgan fingerprint density at radius 1 is 1.62 bits per heavy atom. The van der Waals surface area contributed by atoms with Crippen LogP contribution in [0.15, 0.2) is 17.0 Å². The lowest BCUT2D eigenvalue weighted by Gasteiger charge is -2.09. The molecule has 3 nitrogen and oxygen atoms in total. The molecular weight excluding hydrogens is 246 g/mol. The summed E-state index contributed by atoms with van der Waals surface area (Å²) in [5.74, 6) is -0.156. The van der Waals surface area contributed by atoms with Crippen LogP contribution in [-0.4, -0.2) is 13.1 Å². The highest BCUT2D eigenvalue weighted by Crippen LogP contribution is 2.23. The third-order valence-electron chi connectivity index (χ3n) is 2.19. The van der Waals surface area contributed by atoms with Crippen molar-refractivity contribution in [1.29, 1.82) is 5.26 Å². The molecule has 1 aromatic rings.